The van der Waals surface area contributed by atoms with Crippen molar-refractivity contribution < 1.29 is 17.9 Å². The normalized spacial score (nSPS) is 13.0. The van der Waals surface area contributed by atoms with Crippen LogP contribution in [0.15, 0.2) is 23.1 Å². The van der Waals surface area contributed by atoms with E-state index in [1.165, 1.54) is 32.2 Å². The predicted molar refractivity (Wildman–Crippen MR) is 66.4 cm³/mol. The number of rotatable bonds is 5. The summed E-state index contributed by atoms with van der Waals surface area (Å²) in [6.45, 7) is 1.35. The Labute approximate surface area is 105 Å². The molecule has 5 N–H and O–H groups in total. The van der Waals surface area contributed by atoms with Gasteiger partial charge in [-0.15, -0.1) is 0 Å². The average molecular weight is 273 g/mol. The summed E-state index contributed by atoms with van der Waals surface area (Å²) in [6, 6.07) is 3.00. The summed E-state index contributed by atoms with van der Waals surface area (Å²) in [5.74, 6) is -0.392. The van der Waals surface area contributed by atoms with Gasteiger partial charge in [-0.05, 0) is 25.1 Å². The van der Waals surface area contributed by atoms with Crippen molar-refractivity contribution in [3.63, 3.8) is 0 Å². The zero-order valence-corrected chi connectivity index (χ0v) is 10.8. The summed E-state index contributed by atoms with van der Waals surface area (Å²) in [5.41, 5.74) is 10.8. The van der Waals surface area contributed by atoms with Crippen molar-refractivity contribution in [3.8, 4) is 5.75 Å². The number of nitrogens with one attached hydrogen (secondary N) is 1. The van der Waals surface area contributed by atoms with Gasteiger partial charge in [-0.3, -0.25) is 4.79 Å². The van der Waals surface area contributed by atoms with Crippen LogP contribution in [0.25, 0.3) is 0 Å². The maximum atomic E-state index is 11.9. The number of ether oxygens (including phenoxy) is 1. The predicted octanol–water partition coefficient (Wildman–Crippen LogP) is -0.570. The van der Waals surface area contributed by atoms with Gasteiger partial charge in [0, 0.05) is 0 Å². The molecule has 100 valence electrons. The van der Waals surface area contributed by atoms with Gasteiger partial charge in [0.2, 0.25) is 15.9 Å². The third-order valence-corrected chi connectivity index (χ3v) is 3.81. The van der Waals surface area contributed by atoms with E-state index in [1.54, 1.807) is 0 Å². The second-order valence-corrected chi connectivity index (χ2v) is 5.36. The zero-order chi connectivity index (χ0) is 13.9. The fourth-order valence-corrected chi connectivity index (χ4v) is 2.49. The van der Waals surface area contributed by atoms with Crippen molar-refractivity contribution >= 4 is 21.6 Å². The van der Waals surface area contributed by atoms with E-state index in [1.807, 2.05) is 0 Å². The van der Waals surface area contributed by atoms with E-state index in [2.05, 4.69) is 4.72 Å². The highest BCUT2D eigenvalue weighted by Gasteiger charge is 2.21. The van der Waals surface area contributed by atoms with Crippen molar-refractivity contribution in [2.24, 2.45) is 5.73 Å². The molecule has 8 heteroatoms. The molecule has 0 aliphatic carbocycles. The van der Waals surface area contributed by atoms with E-state index in [9.17, 15) is 13.2 Å². The third kappa shape index (κ3) is 3.11. The van der Waals surface area contributed by atoms with Crippen molar-refractivity contribution in [1.29, 1.82) is 0 Å². The van der Waals surface area contributed by atoms with E-state index < -0.39 is 22.0 Å². The number of nitrogens with two attached hydrogens (primary N) is 2. The van der Waals surface area contributed by atoms with Crippen LogP contribution in [0.4, 0.5) is 5.69 Å². The van der Waals surface area contributed by atoms with E-state index in [4.69, 9.17) is 16.2 Å². The Morgan fingerprint density at radius 3 is 2.50 bits per heavy atom. The molecule has 0 saturated carbocycles. The van der Waals surface area contributed by atoms with Crippen LogP contribution in [-0.4, -0.2) is 27.5 Å². The van der Waals surface area contributed by atoms with Gasteiger partial charge in [-0.2, -0.15) is 4.72 Å². The van der Waals surface area contributed by atoms with Crippen molar-refractivity contribution in [2.75, 3.05) is 12.8 Å². The van der Waals surface area contributed by atoms with Crippen LogP contribution in [0.2, 0.25) is 0 Å². The van der Waals surface area contributed by atoms with Crippen molar-refractivity contribution in [3.05, 3.63) is 18.2 Å². The Hall–Kier alpha value is -1.80. The smallest absolute Gasteiger partial charge is 0.241 e. The molecular formula is C10H15N3O4S. The summed E-state index contributed by atoms with van der Waals surface area (Å²) in [4.78, 5) is 10.8. The highest BCUT2D eigenvalue weighted by molar-refractivity contribution is 7.89. The van der Waals surface area contributed by atoms with Gasteiger partial charge < -0.3 is 16.2 Å². The van der Waals surface area contributed by atoms with Crippen LogP contribution in [0.5, 0.6) is 5.75 Å². The standard InChI is InChI=1S/C10H15N3O4S/c1-6(10(12)14)13-18(15,16)7-3-4-9(17-2)8(11)5-7/h3-6,13H,11H2,1-2H3,(H2,12,14). The molecule has 7 nitrogen and oxygen atoms in total. The Morgan fingerprint density at radius 1 is 1.44 bits per heavy atom. The number of hydrogen-bond donors (Lipinski definition) is 3. The molecule has 1 aromatic carbocycles. The molecule has 1 amide bonds. The molecule has 18 heavy (non-hydrogen) atoms. The summed E-state index contributed by atoms with van der Waals surface area (Å²) in [5, 5.41) is 0. The van der Waals surface area contributed by atoms with Gasteiger partial charge in [0.05, 0.1) is 23.7 Å². The van der Waals surface area contributed by atoms with Crippen LogP contribution in [0.1, 0.15) is 6.92 Å². The van der Waals surface area contributed by atoms with Crippen LogP contribution in [0, 0.1) is 0 Å². The Morgan fingerprint density at radius 2 is 2.06 bits per heavy atom. The number of benzene rings is 1. The second-order valence-electron chi connectivity index (χ2n) is 3.65. The summed E-state index contributed by atoms with van der Waals surface area (Å²) in [7, 11) is -2.41. The lowest BCUT2D eigenvalue weighted by Gasteiger charge is -2.12. The Bertz CT molecular complexity index is 556. The van der Waals surface area contributed by atoms with E-state index in [0.29, 0.717) is 5.75 Å². The first-order valence-corrected chi connectivity index (χ1v) is 6.51. The molecule has 0 bridgehead atoms. The van der Waals surface area contributed by atoms with Crippen LogP contribution < -0.4 is 20.9 Å². The van der Waals surface area contributed by atoms with Crippen LogP contribution in [0.3, 0.4) is 0 Å². The molecule has 0 spiro atoms. The highest BCUT2D eigenvalue weighted by atomic mass is 32.2. The lowest BCUT2D eigenvalue weighted by atomic mass is 10.3. The molecule has 0 aliphatic rings. The lowest BCUT2D eigenvalue weighted by Crippen LogP contribution is -2.42. The molecule has 0 saturated heterocycles. The largest absolute Gasteiger partial charge is 0.495 e. The zero-order valence-electron chi connectivity index (χ0n) is 10.0. The summed E-state index contributed by atoms with van der Waals surface area (Å²) >= 11 is 0. The van der Waals surface area contributed by atoms with Gasteiger partial charge in [-0.25, -0.2) is 8.42 Å². The highest BCUT2D eigenvalue weighted by Crippen LogP contribution is 2.24. The number of sulfonamides is 1. The molecule has 1 atom stereocenters. The van der Waals surface area contributed by atoms with E-state index >= 15 is 0 Å². The minimum Gasteiger partial charge on any atom is -0.495 e. The number of nitrogen functional groups attached to an aromatic ring is 1. The number of primary amides is 1. The topological polar surface area (TPSA) is 125 Å². The minimum atomic E-state index is -3.84. The molecular weight excluding hydrogens is 258 g/mol. The Kier molecular flexibility index (Phi) is 4.15. The van der Waals surface area contributed by atoms with Gasteiger partial charge in [0.15, 0.2) is 0 Å². The van der Waals surface area contributed by atoms with Crippen molar-refractivity contribution in [1.82, 2.24) is 4.72 Å². The maximum absolute atomic E-state index is 11.9. The van der Waals surface area contributed by atoms with Crippen LogP contribution in [-0.2, 0) is 14.8 Å². The second kappa shape index (κ2) is 5.23. The molecule has 1 unspecified atom stereocenters. The quantitative estimate of drug-likeness (QED) is 0.619. The molecule has 0 aromatic heterocycles. The van der Waals surface area contributed by atoms with Crippen LogP contribution >= 0.6 is 0 Å². The fraction of sp³-hybridized carbons (Fsp3) is 0.300. The number of amides is 1. The summed E-state index contributed by atoms with van der Waals surface area (Å²) < 4.78 is 30.8. The maximum Gasteiger partial charge on any atom is 0.241 e. The first kappa shape index (κ1) is 14.3. The average Bonchev–Trinajstić information content (AvgIpc) is 2.28. The monoisotopic (exact) mass is 273 g/mol. The lowest BCUT2D eigenvalue weighted by molar-refractivity contribution is -0.119. The number of carbonyl (C=O) groups excluding carboxylic acids is 1. The van der Waals surface area contributed by atoms with E-state index in [0.717, 1.165) is 0 Å². The van der Waals surface area contributed by atoms with E-state index in [-0.39, 0.29) is 10.6 Å². The van der Waals surface area contributed by atoms with Gasteiger partial charge >= 0.3 is 0 Å². The van der Waals surface area contributed by atoms with Crippen molar-refractivity contribution in [2.45, 2.75) is 17.9 Å². The molecule has 0 fully saturated rings. The number of carbonyl (C=O) groups is 1. The first-order chi connectivity index (χ1) is 8.27. The fourth-order valence-electron chi connectivity index (χ4n) is 1.24. The molecule has 0 heterocycles. The van der Waals surface area contributed by atoms with Gasteiger partial charge in [0.25, 0.3) is 0 Å². The number of anilines is 1. The molecule has 1 rings (SSSR count). The number of methoxy groups -OCH3 is 1. The molecule has 1 aromatic rings. The molecule has 0 radical (unpaired) electrons. The number of hydrogen-bond acceptors (Lipinski definition) is 5. The SMILES string of the molecule is COc1ccc(S(=O)(=O)NC(C)C(N)=O)cc1N. The van der Waals surface area contributed by atoms with Gasteiger partial charge in [-0.1, -0.05) is 0 Å². The van der Waals surface area contributed by atoms with Gasteiger partial charge in [0.1, 0.15) is 5.75 Å². The molecule has 0 aliphatic heterocycles. The minimum absolute atomic E-state index is 0.0612. The third-order valence-electron chi connectivity index (χ3n) is 2.27. The Balaban J connectivity index is 3.06. The first-order valence-electron chi connectivity index (χ1n) is 5.03. The summed E-state index contributed by atoms with van der Waals surface area (Å²) in [6.07, 6.45) is 0.